The molecule has 0 spiro atoms. The summed E-state index contributed by atoms with van der Waals surface area (Å²) in [5.41, 5.74) is -1.71. The molecule has 0 amide bonds. The fraction of sp³-hybridized carbons (Fsp3) is 0.150. The molecule has 3 aromatic rings. The van der Waals surface area contributed by atoms with Crippen molar-refractivity contribution in [2.24, 2.45) is 19.1 Å². The summed E-state index contributed by atoms with van der Waals surface area (Å²) in [4.78, 5) is 29.0. The monoisotopic (exact) mass is 447 g/mol. The van der Waals surface area contributed by atoms with Crippen LogP contribution >= 0.6 is 11.6 Å². The highest BCUT2D eigenvalue weighted by Crippen LogP contribution is 2.22. The third-order valence-corrected chi connectivity index (χ3v) is 6.21. The average Bonchev–Trinajstić information content (AvgIpc) is 2.70. The van der Waals surface area contributed by atoms with E-state index in [0.717, 1.165) is 4.57 Å². The number of nitrogens with zero attached hydrogens (tertiary/aromatic N) is 3. The summed E-state index contributed by atoms with van der Waals surface area (Å²) < 4.78 is 28.1. The predicted octanol–water partition coefficient (Wildman–Crippen LogP) is 2.14. The van der Waals surface area contributed by atoms with Gasteiger partial charge in [-0.05, 0) is 29.8 Å². The van der Waals surface area contributed by atoms with Gasteiger partial charge in [0.1, 0.15) is 5.56 Å². The SMILES string of the molecule is Cn1c(O)c(C(=Nc2ccccc2)S(=O)(=O)Cc2cccc(Cl)c2)c(=O)n(C)c1=O. The maximum Gasteiger partial charge on any atom is 0.333 e. The van der Waals surface area contributed by atoms with Crippen LogP contribution in [-0.4, -0.2) is 27.7 Å². The smallest absolute Gasteiger partial charge is 0.333 e. The first-order chi connectivity index (χ1) is 14.1. The summed E-state index contributed by atoms with van der Waals surface area (Å²) in [5.74, 6) is -1.29. The minimum atomic E-state index is -4.23. The van der Waals surface area contributed by atoms with Crippen LogP contribution in [0.4, 0.5) is 5.69 Å². The van der Waals surface area contributed by atoms with Gasteiger partial charge in [0.2, 0.25) is 15.7 Å². The first-order valence-electron chi connectivity index (χ1n) is 8.72. The molecule has 2 aromatic carbocycles. The second-order valence-electron chi connectivity index (χ2n) is 6.55. The van der Waals surface area contributed by atoms with E-state index in [4.69, 9.17) is 11.6 Å². The van der Waals surface area contributed by atoms with Crippen LogP contribution in [0.15, 0.2) is 69.2 Å². The number of benzene rings is 2. The molecule has 156 valence electrons. The van der Waals surface area contributed by atoms with E-state index in [1.165, 1.54) is 20.2 Å². The summed E-state index contributed by atoms with van der Waals surface area (Å²) in [6.07, 6.45) is 0. The number of rotatable bonds is 4. The molecule has 10 heteroatoms. The number of hydrogen-bond acceptors (Lipinski definition) is 6. The van der Waals surface area contributed by atoms with Gasteiger partial charge in [0.05, 0.1) is 11.4 Å². The number of sulfone groups is 1. The molecule has 0 saturated carbocycles. The summed E-state index contributed by atoms with van der Waals surface area (Å²) in [5, 5.41) is 10.2. The minimum absolute atomic E-state index is 0.262. The summed E-state index contributed by atoms with van der Waals surface area (Å²) in [6.45, 7) is 0. The highest BCUT2D eigenvalue weighted by Gasteiger charge is 2.30. The molecule has 0 unspecified atom stereocenters. The van der Waals surface area contributed by atoms with Crippen molar-refractivity contribution < 1.29 is 13.5 Å². The molecule has 0 aliphatic rings. The lowest BCUT2D eigenvalue weighted by Gasteiger charge is -2.13. The van der Waals surface area contributed by atoms with E-state index in [0.29, 0.717) is 15.2 Å². The van der Waals surface area contributed by atoms with Crippen LogP contribution in [0, 0.1) is 0 Å². The van der Waals surface area contributed by atoms with Crippen LogP contribution in [0.2, 0.25) is 5.02 Å². The average molecular weight is 448 g/mol. The largest absolute Gasteiger partial charge is 0.494 e. The molecule has 30 heavy (non-hydrogen) atoms. The summed E-state index contributed by atoms with van der Waals surface area (Å²) in [6, 6.07) is 14.4. The van der Waals surface area contributed by atoms with E-state index < -0.39 is 43.3 Å². The van der Waals surface area contributed by atoms with Crippen molar-refractivity contribution >= 4 is 32.2 Å². The Bertz CT molecular complexity index is 1360. The van der Waals surface area contributed by atoms with Crippen molar-refractivity contribution in [3.63, 3.8) is 0 Å². The molecule has 0 fully saturated rings. The quantitative estimate of drug-likeness (QED) is 0.486. The van der Waals surface area contributed by atoms with Crippen molar-refractivity contribution in [2.75, 3.05) is 0 Å². The van der Waals surface area contributed by atoms with Gasteiger partial charge in [-0.15, -0.1) is 0 Å². The van der Waals surface area contributed by atoms with E-state index >= 15 is 0 Å². The van der Waals surface area contributed by atoms with Gasteiger partial charge in [-0.3, -0.25) is 13.9 Å². The third-order valence-electron chi connectivity index (χ3n) is 4.37. The van der Waals surface area contributed by atoms with E-state index in [-0.39, 0.29) is 5.69 Å². The van der Waals surface area contributed by atoms with Crippen LogP contribution in [0.25, 0.3) is 0 Å². The Morgan fingerprint density at radius 2 is 1.70 bits per heavy atom. The summed E-state index contributed by atoms with van der Waals surface area (Å²) >= 11 is 5.95. The van der Waals surface area contributed by atoms with Gasteiger partial charge in [0.25, 0.3) is 5.56 Å². The standard InChI is InChI=1S/C20H18ClN3O5S/c1-23-18(25)16(19(26)24(2)20(23)27)17(22-15-9-4-3-5-10-15)30(28,29)12-13-7-6-8-14(21)11-13/h3-11,25H,12H2,1-2H3. The first kappa shape index (κ1) is 21.5. The molecule has 0 radical (unpaired) electrons. The second-order valence-corrected chi connectivity index (χ2v) is 8.89. The Kier molecular flexibility index (Phi) is 5.95. The van der Waals surface area contributed by atoms with Crippen molar-refractivity contribution in [3.05, 3.63) is 91.6 Å². The zero-order valence-electron chi connectivity index (χ0n) is 16.1. The maximum absolute atomic E-state index is 13.3. The van der Waals surface area contributed by atoms with Crippen molar-refractivity contribution in [3.8, 4) is 5.88 Å². The van der Waals surface area contributed by atoms with Crippen LogP contribution in [0.5, 0.6) is 5.88 Å². The number of aromatic nitrogens is 2. The van der Waals surface area contributed by atoms with Gasteiger partial charge >= 0.3 is 5.69 Å². The number of aromatic hydroxyl groups is 1. The van der Waals surface area contributed by atoms with Crippen LogP contribution in [-0.2, 0) is 29.7 Å². The van der Waals surface area contributed by atoms with Crippen molar-refractivity contribution in [1.29, 1.82) is 0 Å². The Morgan fingerprint density at radius 1 is 1.03 bits per heavy atom. The molecule has 0 atom stereocenters. The normalized spacial score (nSPS) is 12.2. The van der Waals surface area contributed by atoms with E-state index in [1.54, 1.807) is 48.5 Å². The fourth-order valence-corrected chi connectivity index (χ4v) is 4.54. The van der Waals surface area contributed by atoms with Gasteiger partial charge in [0.15, 0.2) is 5.04 Å². The van der Waals surface area contributed by atoms with E-state index in [1.807, 2.05) is 0 Å². The van der Waals surface area contributed by atoms with Crippen LogP contribution < -0.4 is 11.2 Å². The second kappa shape index (κ2) is 8.29. The molecule has 0 aliphatic heterocycles. The molecule has 0 bridgehead atoms. The van der Waals surface area contributed by atoms with Gasteiger partial charge in [-0.2, -0.15) is 0 Å². The fourth-order valence-electron chi connectivity index (χ4n) is 2.84. The van der Waals surface area contributed by atoms with Crippen molar-refractivity contribution in [2.45, 2.75) is 5.75 Å². The molecule has 1 heterocycles. The van der Waals surface area contributed by atoms with Gasteiger partial charge in [-0.1, -0.05) is 41.9 Å². The Hall–Kier alpha value is -3.17. The van der Waals surface area contributed by atoms with Crippen LogP contribution in [0.3, 0.4) is 0 Å². The Labute approximate surface area is 177 Å². The maximum atomic E-state index is 13.3. The predicted molar refractivity (Wildman–Crippen MR) is 115 cm³/mol. The Balaban J connectivity index is 2.30. The van der Waals surface area contributed by atoms with Crippen molar-refractivity contribution in [1.82, 2.24) is 9.13 Å². The highest BCUT2D eigenvalue weighted by atomic mass is 35.5. The molecule has 3 rings (SSSR count). The molecule has 1 N–H and O–H groups in total. The minimum Gasteiger partial charge on any atom is -0.494 e. The third kappa shape index (κ3) is 4.22. The lowest BCUT2D eigenvalue weighted by atomic mass is 10.2. The number of aliphatic imine (C=N–C) groups is 1. The summed E-state index contributed by atoms with van der Waals surface area (Å²) in [7, 11) is -1.81. The Morgan fingerprint density at radius 3 is 2.33 bits per heavy atom. The molecule has 1 aromatic heterocycles. The highest BCUT2D eigenvalue weighted by molar-refractivity contribution is 8.06. The number of hydrogen-bond donors (Lipinski definition) is 1. The zero-order chi connectivity index (χ0) is 22.1. The first-order valence-corrected chi connectivity index (χ1v) is 10.7. The zero-order valence-corrected chi connectivity index (χ0v) is 17.7. The lowest BCUT2D eigenvalue weighted by molar-refractivity contribution is 0.410. The van der Waals surface area contributed by atoms with Gasteiger partial charge < -0.3 is 5.11 Å². The van der Waals surface area contributed by atoms with Gasteiger partial charge in [0, 0.05) is 19.1 Å². The number of halogens is 1. The molecular formula is C20H18ClN3O5S. The van der Waals surface area contributed by atoms with Gasteiger partial charge in [-0.25, -0.2) is 18.2 Å². The molecular weight excluding hydrogens is 430 g/mol. The topological polar surface area (TPSA) is 111 Å². The molecule has 0 saturated heterocycles. The number of para-hydroxylation sites is 1. The van der Waals surface area contributed by atoms with Crippen LogP contribution in [0.1, 0.15) is 11.1 Å². The molecule has 8 nitrogen and oxygen atoms in total. The molecule has 0 aliphatic carbocycles. The van der Waals surface area contributed by atoms with E-state index in [2.05, 4.69) is 4.99 Å². The lowest BCUT2D eigenvalue weighted by Crippen LogP contribution is -2.41. The van der Waals surface area contributed by atoms with E-state index in [9.17, 15) is 23.1 Å².